The zero-order valence-corrected chi connectivity index (χ0v) is 20.2. The lowest BCUT2D eigenvalue weighted by molar-refractivity contribution is -0.143. The summed E-state index contributed by atoms with van der Waals surface area (Å²) in [7, 11) is 0. The number of hydrogen-bond acceptors (Lipinski definition) is 5. The van der Waals surface area contributed by atoms with Crippen molar-refractivity contribution in [2.45, 2.75) is 50.3 Å². The summed E-state index contributed by atoms with van der Waals surface area (Å²) in [6.45, 7) is 4.50. The zero-order valence-electron chi connectivity index (χ0n) is 18.6. The molecule has 1 aliphatic heterocycles. The Morgan fingerprint density at radius 3 is 2.59 bits per heavy atom. The maximum atomic E-state index is 12.8. The normalized spacial score (nSPS) is 23.8. The van der Waals surface area contributed by atoms with E-state index in [0.717, 1.165) is 18.4 Å². The average Bonchev–Trinajstić information content (AvgIpc) is 2.93. The second-order valence-electron chi connectivity index (χ2n) is 8.63. The van der Waals surface area contributed by atoms with Crippen LogP contribution in [0.2, 0.25) is 0 Å². The van der Waals surface area contributed by atoms with Gasteiger partial charge >= 0.3 is 5.97 Å². The first-order valence-electron chi connectivity index (χ1n) is 11.3. The number of fused-ring (bicyclic) bond motifs is 1. The Morgan fingerprint density at radius 2 is 1.91 bits per heavy atom. The number of benzene rings is 1. The number of rotatable bonds is 11. The molecule has 1 heterocycles. The van der Waals surface area contributed by atoms with E-state index >= 15 is 0 Å². The highest BCUT2D eigenvalue weighted by atomic mass is 79.9. The molecule has 32 heavy (non-hydrogen) atoms. The lowest BCUT2D eigenvalue weighted by Gasteiger charge is -2.36. The molecule has 1 aliphatic carbocycles. The van der Waals surface area contributed by atoms with Gasteiger partial charge in [0.25, 0.3) is 0 Å². The number of esters is 1. The van der Waals surface area contributed by atoms with E-state index in [4.69, 9.17) is 4.74 Å². The molecule has 3 rings (SSSR count). The van der Waals surface area contributed by atoms with Gasteiger partial charge in [0.1, 0.15) is 4.83 Å². The highest BCUT2D eigenvalue weighted by molar-refractivity contribution is 9.10. The molecule has 8 heteroatoms. The Hall–Kier alpha value is -2.22. The summed E-state index contributed by atoms with van der Waals surface area (Å²) in [5.74, 6) is -1.72. The predicted molar refractivity (Wildman–Crippen MR) is 123 cm³/mol. The molecule has 0 radical (unpaired) electrons. The van der Waals surface area contributed by atoms with Crippen molar-refractivity contribution < 1.29 is 23.9 Å². The van der Waals surface area contributed by atoms with Gasteiger partial charge in [0, 0.05) is 19.0 Å². The van der Waals surface area contributed by atoms with Gasteiger partial charge in [-0.3, -0.25) is 24.1 Å². The quantitative estimate of drug-likeness (QED) is 0.215. The van der Waals surface area contributed by atoms with Gasteiger partial charge in [0.2, 0.25) is 17.7 Å². The first kappa shape index (κ1) is 24.4. The van der Waals surface area contributed by atoms with E-state index in [0.29, 0.717) is 19.4 Å². The number of unbranched alkanes of at least 4 members (excludes halogenated alkanes) is 1. The summed E-state index contributed by atoms with van der Waals surface area (Å²) < 4.78 is 5.16. The van der Waals surface area contributed by atoms with Gasteiger partial charge in [-0.25, -0.2) is 0 Å². The van der Waals surface area contributed by atoms with Crippen LogP contribution in [-0.2, 0) is 23.9 Å². The van der Waals surface area contributed by atoms with E-state index in [9.17, 15) is 19.2 Å². The van der Waals surface area contributed by atoms with E-state index in [1.54, 1.807) is 6.92 Å². The maximum Gasteiger partial charge on any atom is 0.319 e. The molecular weight excluding hydrogens is 476 g/mol. The van der Waals surface area contributed by atoms with Crippen LogP contribution in [0.15, 0.2) is 30.3 Å². The van der Waals surface area contributed by atoms with Crippen molar-refractivity contribution in [2.24, 2.45) is 17.8 Å². The molecule has 1 aromatic rings. The van der Waals surface area contributed by atoms with Crippen LogP contribution < -0.4 is 5.32 Å². The summed E-state index contributed by atoms with van der Waals surface area (Å²) >= 11 is 3.29. The topological polar surface area (TPSA) is 92.8 Å². The van der Waals surface area contributed by atoms with Gasteiger partial charge < -0.3 is 10.1 Å². The van der Waals surface area contributed by atoms with Crippen LogP contribution in [-0.4, -0.2) is 53.1 Å². The molecule has 0 spiro atoms. The molecule has 0 bridgehead atoms. The van der Waals surface area contributed by atoms with Crippen molar-refractivity contribution >= 4 is 39.6 Å². The summed E-state index contributed by atoms with van der Waals surface area (Å²) in [5, 5.41) is 2.78. The van der Waals surface area contributed by atoms with Crippen molar-refractivity contribution in [2.75, 3.05) is 19.7 Å². The van der Waals surface area contributed by atoms with Crippen molar-refractivity contribution in [3.63, 3.8) is 0 Å². The van der Waals surface area contributed by atoms with Gasteiger partial charge in [-0.05, 0) is 30.7 Å². The number of amides is 3. The standard InChI is InChI=1S/C24H31BrN2O5/c1-3-4-12-32-24(31)19(25)13-15(2)21(28)26-10-11-27-22(29)18-14-17(20(18)23(27)30)16-8-6-5-7-9-16/h5-9,15,17-20H,3-4,10-14H2,1-2H3,(H,26,28). The molecule has 5 unspecified atom stereocenters. The smallest absolute Gasteiger partial charge is 0.319 e. The Morgan fingerprint density at radius 1 is 1.19 bits per heavy atom. The Kier molecular flexibility index (Phi) is 8.45. The van der Waals surface area contributed by atoms with E-state index in [2.05, 4.69) is 21.2 Å². The number of imide groups is 1. The lowest BCUT2D eigenvalue weighted by atomic mass is 9.63. The van der Waals surface area contributed by atoms with E-state index in [-0.39, 0.29) is 54.5 Å². The maximum absolute atomic E-state index is 12.8. The highest BCUT2D eigenvalue weighted by Gasteiger charge is 2.58. The van der Waals surface area contributed by atoms with Crippen LogP contribution in [0.1, 0.15) is 51.0 Å². The second kappa shape index (κ2) is 11.1. The van der Waals surface area contributed by atoms with Gasteiger partial charge in [-0.2, -0.15) is 0 Å². The number of carbonyl (C=O) groups excluding carboxylic acids is 4. The van der Waals surface area contributed by atoms with Crippen LogP contribution in [0.3, 0.4) is 0 Å². The third-order valence-electron chi connectivity index (χ3n) is 6.38. The van der Waals surface area contributed by atoms with Gasteiger partial charge in [-0.1, -0.05) is 66.5 Å². The minimum absolute atomic E-state index is 0.0882. The first-order valence-corrected chi connectivity index (χ1v) is 12.2. The van der Waals surface area contributed by atoms with Crippen molar-refractivity contribution in [3.8, 4) is 0 Å². The Balaban J connectivity index is 1.43. The van der Waals surface area contributed by atoms with Crippen molar-refractivity contribution in [1.82, 2.24) is 10.2 Å². The fourth-order valence-electron chi connectivity index (χ4n) is 4.39. The van der Waals surface area contributed by atoms with E-state index < -0.39 is 10.7 Å². The van der Waals surface area contributed by atoms with E-state index in [1.165, 1.54) is 4.90 Å². The summed E-state index contributed by atoms with van der Waals surface area (Å²) in [4.78, 5) is 50.6. The SMILES string of the molecule is CCCCOC(=O)C(Br)CC(C)C(=O)NCCN1C(=O)C2CC(c3ccccc3)C2C1=O. The highest BCUT2D eigenvalue weighted by Crippen LogP contribution is 2.52. The number of hydrogen-bond donors (Lipinski definition) is 1. The number of nitrogens with one attached hydrogen (secondary N) is 1. The van der Waals surface area contributed by atoms with Crippen molar-refractivity contribution in [1.29, 1.82) is 0 Å². The zero-order chi connectivity index (χ0) is 23.3. The molecular formula is C24H31BrN2O5. The average molecular weight is 507 g/mol. The monoisotopic (exact) mass is 506 g/mol. The number of ether oxygens (including phenoxy) is 1. The summed E-state index contributed by atoms with van der Waals surface area (Å²) in [6.07, 6.45) is 2.75. The largest absolute Gasteiger partial charge is 0.465 e. The molecule has 7 nitrogen and oxygen atoms in total. The number of carbonyl (C=O) groups is 4. The molecule has 1 saturated heterocycles. The molecule has 2 fully saturated rings. The molecule has 0 aromatic heterocycles. The Bertz CT molecular complexity index is 846. The van der Waals surface area contributed by atoms with Crippen LogP contribution >= 0.6 is 15.9 Å². The minimum Gasteiger partial charge on any atom is -0.465 e. The van der Waals surface area contributed by atoms with Gasteiger partial charge in [0.15, 0.2) is 0 Å². The van der Waals surface area contributed by atoms with Crippen LogP contribution in [0, 0.1) is 17.8 Å². The Labute approximate surface area is 197 Å². The number of halogens is 1. The van der Waals surface area contributed by atoms with E-state index in [1.807, 2.05) is 37.3 Å². The molecule has 2 aliphatic rings. The minimum atomic E-state index is -0.549. The lowest BCUT2D eigenvalue weighted by Crippen LogP contribution is -2.40. The van der Waals surface area contributed by atoms with Crippen molar-refractivity contribution in [3.05, 3.63) is 35.9 Å². The summed E-state index contributed by atoms with van der Waals surface area (Å²) in [5.41, 5.74) is 1.09. The van der Waals surface area contributed by atoms with Gasteiger partial charge in [0.05, 0.1) is 18.4 Å². The predicted octanol–water partition coefficient (Wildman–Crippen LogP) is 3.02. The third kappa shape index (κ3) is 5.39. The third-order valence-corrected chi connectivity index (χ3v) is 7.13. The molecule has 1 N–H and O–H groups in total. The molecule has 1 aromatic carbocycles. The molecule has 174 valence electrons. The summed E-state index contributed by atoms with van der Waals surface area (Å²) in [6, 6.07) is 9.82. The number of nitrogens with zero attached hydrogens (tertiary/aromatic N) is 1. The van der Waals surface area contributed by atoms with Crippen LogP contribution in [0.25, 0.3) is 0 Å². The molecule has 3 amide bonds. The first-order chi connectivity index (χ1) is 15.3. The molecule has 1 saturated carbocycles. The second-order valence-corrected chi connectivity index (χ2v) is 9.73. The fourth-order valence-corrected chi connectivity index (χ4v) is 5.08. The fraction of sp³-hybridized carbons (Fsp3) is 0.583. The van der Waals surface area contributed by atoms with Crippen LogP contribution in [0.4, 0.5) is 0 Å². The molecule has 5 atom stereocenters. The van der Waals surface area contributed by atoms with Gasteiger partial charge in [-0.15, -0.1) is 0 Å². The van der Waals surface area contributed by atoms with Crippen LogP contribution in [0.5, 0.6) is 0 Å². The number of likely N-dealkylation sites (tertiary alicyclic amines) is 1. The number of alkyl halides is 1.